The van der Waals surface area contributed by atoms with Crippen molar-refractivity contribution in [1.82, 2.24) is 14.7 Å². The Bertz CT molecular complexity index is 1200. The number of carbonyl (C=O) groups excluding carboxylic acids is 1. The lowest BCUT2D eigenvalue weighted by Crippen LogP contribution is -2.40. The largest absolute Gasteiger partial charge is 0.396 e. The van der Waals surface area contributed by atoms with Gasteiger partial charge in [0.25, 0.3) is 5.91 Å². The lowest BCUT2D eigenvalue weighted by atomic mass is 10.1. The van der Waals surface area contributed by atoms with Crippen molar-refractivity contribution in [2.75, 3.05) is 38.4 Å². The van der Waals surface area contributed by atoms with E-state index >= 15 is 0 Å². The van der Waals surface area contributed by atoms with Crippen LogP contribution < -0.4 is 16.6 Å². The Hall–Kier alpha value is -2.92. The molecule has 1 atom stereocenters. The van der Waals surface area contributed by atoms with Crippen molar-refractivity contribution in [3.05, 3.63) is 64.4 Å². The SMILES string of the molecule is CCCC(OC)n1nc(/C(N)=C/N(N)c2ccc(C(=O)N3CCOCC3)cc2)c2cc(Br)ccc21. The molecule has 2 aromatic carbocycles. The second-order valence-electron chi connectivity index (χ2n) is 8.38. The number of hydrogen-bond acceptors (Lipinski definition) is 7. The molecule has 0 aliphatic carbocycles. The van der Waals surface area contributed by atoms with Crippen LogP contribution in [0.25, 0.3) is 16.6 Å². The highest BCUT2D eigenvalue weighted by molar-refractivity contribution is 9.10. The van der Waals surface area contributed by atoms with Crippen molar-refractivity contribution in [3.8, 4) is 0 Å². The predicted octanol–water partition coefficient (Wildman–Crippen LogP) is 3.85. The minimum atomic E-state index is -0.198. The minimum Gasteiger partial charge on any atom is -0.396 e. The van der Waals surface area contributed by atoms with E-state index in [9.17, 15) is 4.79 Å². The van der Waals surface area contributed by atoms with E-state index in [0.29, 0.717) is 48.9 Å². The summed E-state index contributed by atoms with van der Waals surface area (Å²) >= 11 is 3.54. The van der Waals surface area contributed by atoms with Gasteiger partial charge in [0.15, 0.2) is 0 Å². The number of fused-ring (bicyclic) bond motifs is 1. The number of rotatable bonds is 8. The van der Waals surface area contributed by atoms with Crippen LogP contribution in [0.4, 0.5) is 5.69 Å². The molecule has 1 saturated heterocycles. The maximum atomic E-state index is 12.7. The normalized spacial score (nSPS) is 15.4. The number of anilines is 1. The standard InChI is InChI=1S/C25H31BrN6O3/c1-3-4-23(34-2)32-22-10-7-18(26)15-20(22)24(29-32)21(27)16-31(28)19-8-5-17(6-9-19)25(33)30-11-13-35-14-12-30/h5-10,15-16,23H,3-4,11-14,27-28H2,1-2H3/b21-16-. The summed E-state index contributed by atoms with van der Waals surface area (Å²) in [5.74, 6) is 6.30. The quantitative estimate of drug-likeness (QED) is 0.328. The average Bonchev–Trinajstić information content (AvgIpc) is 3.26. The van der Waals surface area contributed by atoms with Gasteiger partial charge in [0.1, 0.15) is 11.9 Å². The van der Waals surface area contributed by atoms with E-state index in [4.69, 9.17) is 26.1 Å². The van der Waals surface area contributed by atoms with Gasteiger partial charge in [-0.05, 0) is 48.9 Å². The topological polar surface area (TPSA) is 112 Å². The second-order valence-corrected chi connectivity index (χ2v) is 9.29. The average molecular weight is 543 g/mol. The zero-order valence-electron chi connectivity index (χ0n) is 20.0. The molecule has 1 aliphatic heterocycles. The van der Waals surface area contributed by atoms with Gasteiger partial charge in [-0.15, -0.1) is 0 Å². The molecule has 2 heterocycles. The molecule has 1 aromatic heterocycles. The third-order valence-corrected chi connectivity index (χ3v) is 6.50. The van der Waals surface area contributed by atoms with Gasteiger partial charge in [-0.1, -0.05) is 29.3 Å². The Labute approximate surface area is 213 Å². The van der Waals surface area contributed by atoms with E-state index in [1.54, 1.807) is 42.5 Å². The highest BCUT2D eigenvalue weighted by atomic mass is 79.9. The summed E-state index contributed by atoms with van der Waals surface area (Å²) in [4.78, 5) is 14.5. The van der Waals surface area contributed by atoms with E-state index in [1.807, 2.05) is 22.9 Å². The molecule has 4 rings (SSSR count). The van der Waals surface area contributed by atoms with Crippen molar-refractivity contribution in [1.29, 1.82) is 0 Å². The molecule has 1 amide bonds. The molecule has 1 unspecified atom stereocenters. The van der Waals surface area contributed by atoms with Gasteiger partial charge < -0.3 is 20.1 Å². The maximum absolute atomic E-state index is 12.7. The number of morpholine rings is 1. The number of hydrogen-bond donors (Lipinski definition) is 2. The molecule has 186 valence electrons. The highest BCUT2D eigenvalue weighted by Crippen LogP contribution is 2.30. The summed E-state index contributed by atoms with van der Waals surface area (Å²) in [7, 11) is 1.68. The van der Waals surface area contributed by atoms with E-state index in [1.165, 1.54) is 5.01 Å². The zero-order valence-corrected chi connectivity index (χ0v) is 21.6. The van der Waals surface area contributed by atoms with Gasteiger partial charge in [-0.3, -0.25) is 9.80 Å². The first-order chi connectivity index (χ1) is 16.9. The summed E-state index contributed by atoms with van der Waals surface area (Å²) < 4.78 is 13.8. The van der Waals surface area contributed by atoms with E-state index in [-0.39, 0.29) is 12.1 Å². The number of aromatic nitrogens is 2. The van der Waals surface area contributed by atoms with E-state index in [0.717, 1.165) is 28.2 Å². The summed E-state index contributed by atoms with van der Waals surface area (Å²) in [5, 5.41) is 7.12. The molecule has 0 spiro atoms. The fraction of sp³-hybridized carbons (Fsp3) is 0.360. The van der Waals surface area contributed by atoms with E-state index < -0.39 is 0 Å². The Morgan fingerprint density at radius 3 is 2.63 bits per heavy atom. The number of nitrogens with zero attached hydrogens (tertiary/aromatic N) is 4. The Morgan fingerprint density at radius 1 is 1.26 bits per heavy atom. The molecule has 9 nitrogen and oxygen atoms in total. The molecule has 35 heavy (non-hydrogen) atoms. The van der Waals surface area contributed by atoms with Crippen LogP contribution in [-0.4, -0.2) is 54.0 Å². The van der Waals surface area contributed by atoms with Gasteiger partial charge in [-0.25, -0.2) is 10.5 Å². The lowest BCUT2D eigenvalue weighted by molar-refractivity contribution is 0.0299. The monoisotopic (exact) mass is 542 g/mol. The Kier molecular flexibility index (Phi) is 8.07. The Morgan fingerprint density at radius 2 is 1.97 bits per heavy atom. The van der Waals surface area contributed by atoms with Crippen molar-refractivity contribution in [3.63, 3.8) is 0 Å². The third-order valence-electron chi connectivity index (χ3n) is 6.01. The van der Waals surface area contributed by atoms with Crippen molar-refractivity contribution in [2.45, 2.75) is 26.0 Å². The molecule has 0 saturated carbocycles. The fourth-order valence-corrected chi connectivity index (χ4v) is 4.50. The zero-order chi connectivity index (χ0) is 24.9. The number of benzene rings is 2. The second kappa shape index (κ2) is 11.2. The van der Waals surface area contributed by atoms with Crippen LogP contribution in [0.5, 0.6) is 0 Å². The van der Waals surface area contributed by atoms with Gasteiger partial charge in [0.05, 0.1) is 30.1 Å². The summed E-state index contributed by atoms with van der Waals surface area (Å²) in [6, 6.07) is 13.1. The number of halogens is 1. The minimum absolute atomic E-state index is 0.0131. The van der Waals surface area contributed by atoms with Crippen molar-refractivity contribution in [2.24, 2.45) is 11.6 Å². The van der Waals surface area contributed by atoms with Gasteiger partial charge in [0.2, 0.25) is 0 Å². The molecule has 1 aliphatic rings. The van der Waals surface area contributed by atoms with Crippen LogP contribution >= 0.6 is 15.9 Å². The molecule has 1 fully saturated rings. The Balaban J connectivity index is 1.59. The number of nitrogens with two attached hydrogens (primary N) is 2. The maximum Gasteiger partial charge on any atom is 0.254 e. The molecule has 0 radical (unpaired) electrons. The third kappa shape index (κ3) is 5.51. The number of methoxy groups -OCH3 is 1. The molecule has 3 aromatic rings. The van der Waals surface area contributed by atoms with Crippen LogP contribution in [0, 0.1) is 0 Å². The van der Waals surface area contributed by atoms with Crippen LogP contribution in [0.2, 0.25) is 0 Å². The number of hydrazine groups is 1. The molecule has 0 bridgehead atoms. The highest BCUT2D eigenvalue weighted by Gasteiger charge is 2.20. The van der Waals surface area contributed by atoms with Crippen molar-refractivity contribution < 1.29 is 14.3 Å². The van der Waals surface area contributed by atoms with Gasteiger partial charge >= 0.3 is 0 Å². The number of carbonyl (C=O) groups is 1. The van der Waals surface area contributed by atoms with E-state index in [2.05, 4.69) is 22.9 Å². The van der Waals surface area contributed by atoms with Crippen LogP contribution in [0.15, 0.2) is 53.1 Å². The summed E-state index contributed by atoms with van der Waals surface area (Å²) in [6.07, 6.45) is 3.21. The van der Waals surface area contributed by atoms with Gasteiger partial charge in [0, 0.05) is 41.8 Å². The predicted molar refractivity (Wildman–Crippen MR) is 140 cm³/mol. The summed E-state index contributed by atoms with van der Waals surface area (Å²) in [5.41, 5.74) is 9.75. The van der Waals surface area contributed by atoms with Crippen LogP contribution in [0.3, 0.4) is 0 Å². The molecular weight excluding hydrogens is 512 g/mol. The molecular formula is C25H31BrN6O3. The number of ether oxygens (including phenoxy) is 2. The van der Waals surface area contributed by atoms with Gasteiger partial charge in [-0.2, -0.15) is 5.10 Å². The molecule has 10 heteroatoms. The first kappa shape index (κ1) is 25.2. The summed E-state index contributed by atoms with van der Waals surface area (Å²) in [6.45, 7) is 4.43. The van der Waals surface area contributed by atoms with Crippen LogP contribution in [0.1, 0.15) is 42.0 Å². The lowest BCUT2D eigenvalue weighted by Gasteiger charge is -2.27. The first-order valence-electron chi connectivity index (χ1n) is 11.6. The molecule has 4 N–H and O–H groups in total. The van der Waals surface area contributed by atoms with Crippen LogP contribution in [-0.2, 0) is 9.47 Å². The van der Waals surface area contributed by atoms with Crippen molar-refractivity contribution >= 4 is 44.1 Å². The fourth-order valence-electron chi connectivity index (χ4n) is 4.14. The first-order valence-corrected chi connectivity index (χ1v) is 12.4. The number of amides is 1. The smallest absolute Gasteiger partial charge is 0.254 e.